The monoisotopic (exact) mass is 2130 g/mol. The number of ether oxygens (including phenoxy) is 8. The number of thioether (sulfide) groups is 4. The molecule has 0 spiro atoms. The number of nitrogens with two attached hydrogens (primary N) is 4. The Morgan fingerprint density at radius 3 is 1.19 bits per heavy atom. The minimum Gasteiger partial charge on any atom is -0.480 e. The Hall–Kier alpha value is -9.32. The molecule has 0 aliphatic carbocycles. The number of aliphatic hydroxyl groups excluding tert-OH is 8. The van der Waals surface area contributed by atoms with Crippen molar-refractivity contribution in [2.75, 3.05) is 187 Å². The molecule has 0 bridgehead atoms. The van der Waals surface area contributed by atoms with Crippen LogP contribution < -0.4 is 54.0 Å². The van der Waals surface area contributed by atoms with Crippen LogP contribution in [0.2, 0.25) is 0 Å². The summed E-state index contributed by atoms with van der Waals surface area (Å²) in [6.07, 6.45) is 3.91. The summed E-state index contributed by atoms with van der Waals surface area (Å²) in [4.78, 5) is 111. The van der Waals surface area contributed by atoms with Gasteiger partial charge >= 0.3 is 11.9 Å². The van der Waals surface area contributed by atoms with Gasteiger partial charge in [0.25, 0.3) is 11.8 Å². The van der Waals surface area contributed by atoms with Crippen LogP contribution in [-0.4, -0.2) is 384 Å². The first kappa shape index (κ1) is 112. The quantitative estimate of drug-likeness (QED) is 0.0137. The number of fused-ring (bicyclic) bond motifs is 2. The van der Waals surface area contributed by atoms with Gasteiger partial charge in [0.1, 0.15) is 60.9 Å². The van der Waals surface area contributed by atoms with Gasteiger partial charge in [-0.2, -0.15) is 67.0 Å². The SMILES string of the molecule is CSCCOC1OC(CO)C(O)C(O)C1O.CSCCOC1OC(CO)C(O)C(O)C1O.CSCCOCCc1cn(CCOCCNC(=O)CCC(NC(=O)c2ccc(N(C)Cc3cnc4nc(N)nc(N)c4n3)cc2)C(=O)O)nn1.CSCCOCCc1cn(CCOCCNC(=O)CCC(NC(=O)c2ccc(N(C)Cc3cnc4nc(N)nc(N)c4n3)cc2)C(=O)O)nn1.[Au]. The van der Waals surface area contributed by atoms with E-state index in [-0.39, 0.29) is 121 Å². The maximum atomic E-state index is 12.8. The molecule has 22 N–H and O–H groups in total. The maximum absolute atomic E-state index is 12.8. The van der Waals surface area contributed by atoms with Crippen molar-refractivity contribution >= 4 is 140 Å². The van der Waals surface area contributed by atoms with Gasteiger partial charge in [-0.1, -0.05) is 10.4 Å². The number of hydrogen-bond donors (Lipinski definition) is 18. The number of hydrogen-bond acceptors (Lipinski definition) is 44. The van der Waals surface area contributed by atoms with Crippen molar-refractivity contribution in [1.82, 2.24) is 91.1 Å². The molecule has 53 heteroatoms. The van der Waals surface area contributed by atoms with Crippen LogP contribution in [0.3, 0.4) is 0 Å². The van der Waals surface area contributed by atoms with E-state index in [1.54, 1.807) is 117 Å². The molecule has 8 heterocycles. The van der Waals surface area contributed by atoms with Crippen LogP contribution in [0.25, 0.3) is 22.3 Å². The predicted octanol–water partition coefficient (Wildman–Crippen LogP) is -2.61. The Morgan fingerprint density at radius 2 is 0.835 bits per heavy atom. The molecule has 2 fully saturated rings. The van der Waals surface area contributed by atoms with Gasteiger partial charge in [-0.25, -0.2) is 38.9 Å². The Balaban J connectivity index is 0.000000306. The Labute approximate surface area is 798 Å². The fourth-order valence-electron chi connectivity index (χ4n) is 12.2. The largest absolute Gasteiger partial charge is 0.480 e. The third-order valence-corrected chi connectivity index (χ3v) is 21.7. The minimum absolute atomic E-state index is 0. The van der Waals surface area contributed by atoms with Crippen molar-refractivity contribution in [1.29, 1.82) is 0 Å². The molecule has 2 saturated heterocycles. The second kappa shape index (κ2) is 60.9. The van der Waals surface area contributed by atoms with Crippen LogP contribution in [0.5, 0.6) is 0 Å². The van der Waals surface area contributed by atoms with Gasteiger partial charge < -0.3 is 143 Å². The number of carboxylic acid groups (broad SMARTS) is 2. The summed E-state index contributed by atoms with van der Waals surface area (Å²) in [5.41, 5.74) is 29.3. The standard InChI is InChI=1S/2C31H42N12O6S.2C9H18O6S.Au/c2*1-42(18-22-17-35-28-26(36-22)27(32)38-31(33)39-28)23-5-3-20(4-6-23)29(45)37-24(30(46)47)7-8-25(44)34-10-13-49-14-11-43-19-21(40-41-43)9-12-48-15-16-50-2;2*1-16-3-2-14-9-8(13)7(12)6(11)5(4-10)15-9;/h2*3-6,17,19,24H,7-16,18H2,1-2H3,(H,34,44)(H,37,45)(H,46,47)(H4,32,33,35,38,39);2*5-13H,2-4H2,1H3;. The van der Waals surface area contributed by atoms with E-state index in [1.165, 1.54) is 0 Å². The zero-order valence-electron chi connectivity index (χ0n) is 74.2. The molecule has 4 amide bonds. The minimum atomic E-state index is -1.37. The van der Waals surface area contributed by atoms with Crippen LogP contribution in [0, 0.1) is 0 Å². The van der Waals surface area contributed by atoms with Crippen molar-refractivity contribution in [3.05, 3.63) is 107 Å². The summed E-state index contributed by atoms with van der Waals surface area (Å²) in [5, 5.41) is 121. The number of aliphatic carboxylic acids is 2. The summed E-state index contributed by atoms with van der Waals surface area (Å²) < 4.78 is 46.3. The van der Waals surface area contributed by atoms with Gasteiger partial charge in [0.15, 0.2) is 46.5 Å². The fraction of sp³-hybridized carbons (Fsp3) is 0.575. The molecule has 2 aromatic carbocycles. The van der Waals surface area contributed by atoms with Crippen molar-refractivity contribution < 1.29 is 140 Å². The molecule has 133 heavy (non-hydrogen) atoms. The van der Waals surface area contributed by atoms with Gasteiger partial charge in [0.05, 0.1) is 141 Å². The number of anilines is 6. The van der Waals surface area contributed by atoms with Gasteiger partial charge in [-0.05, 0) is 86.4 Å². The zero-order chi connectivity index (χ0) is 96.0. The fourth-order valence-corrected chi connectivity index (χ4v) is 13.3. The molecule has 2 aliphatic rings. The summed E-state index contributed by atoms with van der Waals surface area (Å²) in [6, 6.07) is 10.7. The number of carbonyl (C=O) groups excluding carboxylic acids is 4. The molecule has 48 nitrogen and oxygen atoms in total. The predicted molar refractivity (Wildman–Crippen MR) is 491 cm³/mol. The first-order valence-electron chi connectivity index (χ1n) is 41.7. The number of benzene rings is 2. The van der Waals surface area contributed by atoms with Gasteiger partial charge in [-0.15, -0.1) is 10.2 Å². The normalized spacial score (nSPS) is 18.4. The van der Waals surface area contributed by atoms with E-state index in [2.05, 4.69) is 81.8 Å². The van der Waals surface area contributed by atoms with Crippen molar-refractivity contribution in [2.24, 2.45) is 0 Å². The van der Waals surface area contributed by atoms with Crippen LogP contribution in [0.1, 0.15) is 69.2 Å². The summed E-state index contributed by atoms with van der Waals surface area (Å²) in [6.45, 7) is 6.05. The van der Waals surface area contributed by atoms with E-state index in [4.69, 9.17) is 71.0 Å². The third-order valence-electron chi connectivity index (χ3n) is 19.4. The van der Waals surface area contributed by atoms with Crippen LogP contribution >= 0.6 is 47.0 Å². The number of carbonyl (C=O) groups is 6. The number of amides is 4. The maximum Gasteiger partial charge on any atom is 0.326 e. The molecule has 6 aromatic heterocycles. The third kappa shape index (κ3) is 38.8. The molecular weight excluding hydrogens is 2010 g/mol. The molecular formula is C80H120AuN24O24S4. The molecule has 10 rings (SSSR count). The van der Waals surface area contributed by atoms with Crippen molar-refractivity contribution in [3.63, 3.8) is 0 Å². The number of nitrogens with zero attached hydrogens (tertiary/aromatic N) is 16. The van der Waals surface area contributed by atoms with Gasteiger partial charge in [-0.3, -0.25) is 19.2 Å². The van der Waals surface area contributed by atoms with E-state index < -0.39 is 110 Å². The van der Waals surface area contributed by atoms with Crippen molar-refractivity contribution in [2.45, 2.75) is 138 Å². The molecule has 1 radical (unpaired) electrons. The number of aromatic nitrogens is 14. The van der Waals surface area contributed by atoms with Gasteiger partial charge in [0.2, 0.25) is 23.7 Å². The van der Waals surface area contributed by atoms with E-state index in [0.29, 0.717) is 126 Å². The molecule has 12 unspecified atom stereocenters. The smallest absolute Gasteiger partial charge is 0.326 e. The second-order valence-electron chi connectivity index (χ2n) is 29.3. The average Bonchev–Trinajstić information content (AvgIpc) is 1.28. The van der Waals surface area contributed by atoms with Crippen molar-refractivity contribution in [3.8, 4) is 0 Å². The Kier molecular flexibility index (Phi) is 51.5. The first-order valence-corrected chi connectivity index (χ1v) is 47.3. The Morgan fingerprint density at radius 1 is 0.474 bits per heavy atom. The van der Waals surface area contributed by atoms with E-state index in [9.17, 15) is 69.6 Å². The summed E-state index contributed by atoms with van der Waals surface area (Å²) >= 11 is 6.62. The topological polar surface area (TPSA) is 702 Å². The summed E-state index contributed by atoms with van der Waals surface area (Å²) in [7, 11) is 3.67. The molecule has 739 valence electrons. The van der Waals surface area contributed by atoms with E-state index in [0.717, 1.165) is 45.8 Å². The summed E-state index contributed by atoms with van der Waals surface area (Å²) in [5.74, 6) is -0.653. The van der Waals surface area contributed by atoms with Crippen LogP contribution in [-0.2, 0) is 118 Å². The number of aliphatic hydroxyl groups is 8. The molecule has 8 aromatic rings. The Bertz CT molecular complexity index is 4520. The first-order chi connectivity index (χ1) is 63.5. The van der Waals surface area contributed by atoms with Crippen LogP contribution in [0.15, 0.2) is 73.3 Å². The van der Waals surface area contributed by atoms with Crippen LogP contribution in [0.4, 0.5) is 34.9 Å². The number of carboxylic acids is 2. The van der Waals surface area contributed by atoms with Gasteiger partial charge in [0, 0.05) is 133 Å². The molecule has 2 aliphatic heterocycles. The molecule has 12 atom stereocenters. The van der Waals surface area contributed by atoms with E-state index in [1.807, 2.05) is 61.3 Å². The average molecular weight is 2130 g/mol. The number of nitrogens with one attached hydrogen (secondary N) is 4. The number of nitrogen functional groups attached to an aromatic ring is 4. The zero-order valence-corrected chi connectivity index (χ0v) is 79.7. The molecule has 0 saturated carbocycles. The second-order valence-corrected chi connectivity index (χ2v) is 33.3. The van der Waals surface area contributed by atoms with E-state index >= 15 is 0 Å². The number of rotatable bonds is 52.